The Hall–Kier alpha value is -1.52. The van der Waals surface area contributed by atoms with Crippen molar-refractivity contribution in [3.63, 3.8) is 0 Å². The lowest BCUT2D eigenvalue weighted by atomic mass is 9.78. The second-order valence-electron chi connectivity index (χ2n) is 7.00. The molecule has 1 aliphatic carbocycles. The number of rotatable bonds is 5. The SMILES string of the molecule is CN=C(NCc1nc(C)c(C)o1)NCC(C)(C)C1CCCC1. The Morgan fingerprint density at radius 3 is 2.50 bits per heavy atom. The Morgan fingerprint density at radius 2 is 1.95 bits per heavy atom. The van der Waals surface area contributed by atoms with E-state index in [0.717, 1.165) is 29.9 Å². The van der Waals surface area contributed by atoms with Crippen LogP contribution in [-0.2, 0) is 6.54 Å². The molecule has 0 aromatic carbocycles. The molecule has 22 heavy (non-hydrogen) atoms. The lowest BCUT2D eigenvalue weighted by Crippen LogP contribution is -2.43. The maximum absolute atomic E-state index is 5.58. The molecule has 0 aliphatic heterocycles. The lowest BCUT2D eigenvalue weighted by Gasteiger charge is -2.32. The van der Waals surface area contributed by atoms with Crippen molar-refractivity contribution in [2.75, 3.05) is 13.6 Å². The molecule has 0 unspecified atom stereocenters. The third-order valence-electron chi connectivity index (χ3n) is 4.88. The molecule has 0 atom stereocenters. The first-order chi connectivity index (χ1) is 10.4. The highest BCUT2D eigenvalue weighted by Crippen LogP contribution is 2.38. The van der Waals surface area contributed by atoms with Gasteiger partial charge in [0, 0.05) is 13.6 Å². The van der Waals surface area contributed by atoms with Crippen molar-refractivity contribution in [1.82, 2.24) is 15.6 Å². The van der Waals surface area contributed by atoms with Crippen molar-refractivity contribution in [3.8, 4) is 0 Å². The van der Waals surface area contributed by atoms with Crippen molar-refractivity contribution in [1.29, 1.82) is 0 Å². The average Bonchev–Trinajstić information content (AvgIpc) is 3.10. The maximum atomic E-state index is 5.58. The fraction of sp³-hybridized carbons (Fsp3) is 0.765. The van der Waals surface area contributed by atoms with E-state index < -0.39 is 0 Å². The van der Waals surface area contributed by atoms with Gasteiger partial charge in [0.2, 0.25) is 5.89 Å². The van der Waals surface area contributed by atoms with Crippen LogP contribution in [0, 0.1) is 25.2 Å². The molecule has 1 fully saturated rings. The smallest absolute Gasteiger partial charge is 0.214 e. The normalized spacial score (nSPS) is 17.0. The molecule has 1 saturated carbocycles. The summed E-state index contributed by atoms with van der Waals surface area (Å²) >= 11 is 0. The van der Waals surface area contributed by atoms with Crippen LogP contribution in [-0.4, -0.2) is 24.5 Å². The second-order valence-corrected chi connectivity index (χ2v) is 7.00. The van der Waals surface area contributed by atoms with E-state index in [-0.39, 0.29) is 0 Å². The van der Waals surface area contributed by atoms with Crippen LogP contribution in [0.15, 0.2) is 9.41 Å². The molecule has 0 spiro atoms. The van der Waals surface area contributed by atoms with Gasteiger partial charge in [-0.15, -0.1) is 0 Å². The van der Waals surface area contributed by atoms with Crippen LogP contribution in [0.5, 0.6) is 0 Å². The van der Waals surface area contributed by atoms with Crippen LogP contribution in [0.25, 0.3) is 0 Å². The molecule has 1 aromatic rings. The number of hydrogen-bond acceptors (Lipinski definition) is 3. The van der Waals surface area contributed by atoms with Gasteiger partial charge in [-0.1, -0.05) is 26.7 Å². The zero-order valence-electron chi connectivity index (χ0n) is 14.6. The number of nitrogens with one attached hydrogen (secondary N) is 2. The van der Waals surface area contributed by atoms with Crippen LogP contribution >= 0.6 is 0 Å². The van der Waals surface area contributed by atoms with E-state index >= 15 is 0 Å². The molecule has 5 heteroatoms. The molecule has 1 aromatic heterocycles. The Kier molecular flexibility index (Phi) is 5.48. The van der Waals surface area contributed by atoms with E-state index in [1.54, 1.807) is 7.05 Å². The monoisotopic (exact) mass is 306 g/mol. The minimum absolute atomic E-state index is 0.296. The molecule has 1 heterocycles. The summed E-state index contributed by atoms with van der Waals surface area (Å²) < 4.78 is 5.58. The van der Waals surface area contributed by atoms with Crippen molar-refractivity contribution in [3.05, 3.63) is 17.3 Å². The van der Waals surface area contributed by atoms with Crippen LogP contribution < -0.4 is 10.6 Å². The minimum Gasteiger partial charge on any atom is -0.444 e. The van der Waals surface area contributed by atoms with Crippen molar-refractivity contribution >= 4 is 5.96 Å². The summed E-state index contributed by atoms with van der Waals surface area (Å²) in [6.07, 6.45) is 5.47. The predicted octanol–water partition coefficient (Wildman–Crippen LogP) is 3.17. The van der Waals surface area contributed by atoms with Crippen molar-refractivity contribution < 1.29 is 4.42 Å². The van der Waals surface area contributed by atoms with Gasteiger partial charge in [-0.3, -0.25) is 4.99 Å². The number of hydrogen-bond donors (Lipinski definition) is 2. The van der Waals surface area contributed by atoms with E-state index in [0.29, 0.717) is 17.9 Å². The van der Waals surface area contributed by atoms with E-state index in [4.69, 9.17) is 4.42 Å². The van der Waals surface area contributed by atoms with Crippen molar-refractivity contribution in [2.45, 2.75) is 59.9 Å². The van der Waals surface area contributed by atoms with Gasteiger partial charge in [-0.05, 0) is 38.0 Å². The summed E-state index contributed by atoms with van der Waals surface area (Å²) in [4.78, 5) is 8.66. The van der Waals surface area contributed by atoms with E-state index in [9.17, 15) is 0 Å². The van der Waals surface area contributed by atoms with Crippen molar-refractivity contribution in [2.24, 2.45) is 16.3 Å². The van der Waals surface area contributed by atoms with Gasteiger partial charge in [-0.2, -0.15) is 0 Å². The van der Waals surface area contributed by atoms with Gasteiger partial charge in [0.25, 0.3) is 0 Å². The molecule has 0 bridgehead atoms. The lowest BCUT2D eigenvalue weighted by molar-refractivity contribution is 0.218. The standard InChI is InChI=1S/C17H30N4O/c1-12-13(2)22-15(21-12)10-19-16(18-5)20-11-17(3,4)14-8-6-7-9-14/h14H,6-11H2,1-5H3,(H2,18,19,20). The maximum Gasteiger partial charge on any atom is 0.214 e. The highest BCUT2D eigenvalue weighted by atomic mass is 16.4. The summed E-state index contributed by atoms with van der Waals surface area (Å²) in [6.45, 7) is 10.1. The van der Waals surface area contributed by atoms with E-state index in [1.807, 2.05) is 13.8 Å². The number of guanidine groups is 1. The highest BCUT2D eigenvalue weighted by molar-refractivity contribution is 5.79. The van der Waals surface area contributed by atoms with Gasteiger partial charge in [0.05, 0.1) is 12.2 Å². The quantitative estimate of drug-likeness (QED) is 0.648. The van der Waals surface area contributed by atoms with Gasteiger partial charge in [0.15, 0.2) is 5.96 Å². The third-order valence-corrected chi connectivity index (χ3v) is 4.88. The zero-order chi connectivity index (χ0) is 16.2. The average molecular weight is 306 g/mol. The molecule has 0 saturated heterocycles. The Bertz CT molecular complexity index is 493. The van der Waals surface area contributed by atoms with E-state index in [2.05, 4.69) is 34.5 Å². The largest absolute Gasteiger partial charge is 0.444 e. The summed E-state index contributed by atoms with van der Waals surface area (Å²) in [6, 6.07) is 0. The van der Waals surface area contributed by atoms with Gasteiger partial charge >= 0.3 is 0 Å². The van der Waals surface area contributed by atoms with Crippen LogP contribution in [0.2, 0.25) is 0 Å². The summed E-state index contributed by atoms with van der Waals surface area (Å²) in [5, 5.41) is 6.72. The zero-order valence-corrected chi connectivity index (χ0v) is 14.6. The van der Waals surface area contributed by atoms with E-state index in [1.165, 1.54) is 25.7 Å². The molecule has 0 radical (unpaired) electrons. The summed E-state index contributed by atoms with van der Waals surface area (Å²) in [7, 11) is 1.80. The molecule has 2 rings (SSSR count). The predicted molar refractivity (Wildman–Crippen MR) is 89.9 cm³/mol. The molecular weight excluding hydrogens is 276 g/mol. The molecule has 5 nitrogen and oxygen atoms in total. The fourth-order valence-electron chi connectivity index (χ4n) is 3.16. The van der Waals surface area contributed by atoms with Gasteiger partial charge < -0.3 is 15.1 Å². The molecule has 0 amide bonds. The Balaban J connectivity index is 1.82. The van der Waals surface area contributed by atoms with Gasteiger partial charge in [-0.25, -0.2) is 4.98 Å². The molecule has 2 N–H and O–H groups in total. The Labute approximate surface area is 134 Å². The summed E-state index contributed by atoms with van der Waals surface area (Å²) in [5.74, 6) is 3.20. The molecule has 1 aliphatic rings. The first-order valence-electron chi connectivity index (χ1n) is 8.30. The van der Waals surface area contributed by atoms with Crippen LogP contribution in [0.3, 0.4) is 0 Å². The summed E-state index contributed by atoms with van der Waals surface area (Å²) in [5.41, 5.74) is 1.24. The number of oxazole rings is 1. The Morgan fingerprint density at radius 1 is 1.27 bits per heavy atom. The van der Waals surface area contributed by atoms with Crippen LogP contribution in [0.4, 0.5) is 0 Å². The fourth-order valence-corrected chi connectivity index (χ4v) is 3.16. The number of aromatic nitrogens is 1. The van der Waals surface area contributed by atoms with Crippen LogP contribution in [0.1, 0.15) is 56.9 Å². The highest BCUT2D eigenvalue weighted by Gasteiger charge is 2.31. The number of aryl methyl sites for hydroxylation is 2. The second kappa shape index (κ2) is 7.16. The first kappa shape index (κ1) is 16.8. The topological polar surface area (TPSA) is 62.5 Å². The number of aliphatic imine (C=N–C) groups is 1. The van der Waals surface area contributed by atoms with Gasteiger partial charge in [0.1, 0.15) is 5.76 Å². The molecule has 124 valence electrons. The molecular formula is C17H30N4O. The third kappa shape index (κ3) is 4.24. The first-order valence-corrected chi connectivity index (χ1v) is 8.30. The number of nitrogens with zero attached hydrogens (tertiary/aromatic N) is 2. The minimum atomic E-state index is 0.296.